The van der Waals surface area contributed by atoms with Gasteiger partial charge >= 0.3 is 0 Å². The molecule has 0 saturated heterocycles. The van der Waals surface area contributed by atoms with E-state index in [0.29, 0.717) is 6.61 Å². The molecule has 0 aliphatic rings. The molecule has 0 saturated carbocycles. The Morgan fingerprint density at radius 2 is 2.38 bits per heavy atom. The highest BCUT2D eigenvalue weighted by Gasteiger charge is 2.05. The summed E-state index contributed by atoms with van der Waals surface area (Å²) < 4.78 is 4.95. The molecule has 0 N–H and O–H groups in total. The van der Waals surface area contributed by atoms with Crippen molar-refractivity contribution in [3.05, 3.63) is 29.6 Å². The third kappa shape index (κ3) is 3.75. The average molecular weight is 200 g/mol. The van der Waals surface area contributed by atoms with Gasteiger partial charge in [0.2, 0.25) is 0 Å². The summed E-state index contributed by atoms with van der Waals surface area (Å²) in [7, 11) is 1.65. The van der Waals surface area contributed by atoms with E-state index in [4.69, 9.17) is 16.3 Å². The molecule has 0 aliphatic carbocycles. The zero-order chi connectivity index (χ0) is 9.68. The molecule has 1 atom stereocenters. The van der Waals surface area contributed by atoms with Crippen LogP contribution in [0.3, 0.4) is 0 Å². The Hall–Kier alpha value is -0.600. The summed E-state index contributed by atoms with van der Waals surface area (Å²) in [5, 5.41) is 0.0132. The van der Waals surface area contributed by atoms with Crippen molar-refractivity contribution in [1.82, 2.24) is 4.98 Å². The molecular formula is C10H14ClNO. The van der Waals surface area contributed by atoms with Gasteiger partial charge in [-0.15, -0.1) is 11.6 Å². The van der Waals surface area contributed by atoms with Crippen molar-refractivity contribution < 1.29 is 4.74 Å². The first-order valence-electron chi connectivity index (χ1n) is 4.27. The van der Waals surface area contributed by atoms with Crippen molar-refractivity contribution in [2.24, 2.45) is 0 Å². The van der Waals surface area contributed by atoms with Gasteiger partial charge in [0.1, 0.15) is 0 Å². The highest BCUT2D eigenvalue weighted by atomic mass is 35.5. The highest BCUT2D eigenvalue weighted by Crippen LogP contribution is 2.07. The number of hydrogen-bond acceptors (Lipinski definition) is 2. The Bertz CT molecular complexity index is 265. The molecule has 0 amide bonds. The second-order valence-electron chi connectivity index (χ2n) is 3.08. The van der Waals surface area contributed by atoms with Crippen molar-refractivity contribution in [2.75, 3.05) is 13.7 Å². The SMILES string of the molecule is COCC(Cl)Cc1cc(C)ccn1. The number of hydrogen-bond donors (Lipinski definition) is 0. The molecule has 0 radical (unpaired) electrons. The minimum atomic E-state index is 0.0132. The van der Waals surface area contributed by atoms with E-state index < -0.39 is 0 Å². The summed E-state index contributed by atoms with van der Waals surface area (Å²) in [4.78, 5) is 4.22. The van der Waals surface area contributed by atoms with Crippen LogP contribution in [0, 0.1) is 6.92 Å². The predicted molar refractivity (Wildman–Crippen MR) is 54.2 cm³/mol. The fourth-order valence-corrected chi connectivity index (χ4v) is 1.46. The van der Waals surface area contributed by atoms with Crippen molar-refractivity contribution in [3.63, 3.8) is 0 Å². The lowest BCUT2D eigenvalue weighted by molar-refractivity contribution is 0.197. The quantitative estimate of drug-likeness (QED) is 0.694. The molecular weight excluding hydrogens is 186 g/mol. The van der Waals surface area contributed by atoms with Gasteiger partial charge in [0, 0.05) is 25.4 Å². The van der Waals surface area contributed by atoms with Gasteiger partial charge in [-0.2, -0.15) is 0 Å². The Labute approximate surface area is 83.9 Å². The maximum absolute atomic E-state index is 6.00. The Morgan fingerprint density at radius 1 is 1.62 bits per heavy atom. The monoisotopic (exact) mass is 199 g/mol. The molecule has 72 valence electrons. The van der Waals surface area contributed by atoms with Crippen LogP contribution in [0.2, 0.25) is 0 Å². The predicted octanol–water partition coefficient (Wildman–Crippen LogP) is 2.19. The van der Waals surface area contributed by atoms with Crippen LogP contribution in [-0.4, -0.2) is 24.1 Å². The van der Waals surface area contributed by atoms with E-state index in [2.05, 4.69) is 4.98 Å². The molecule has 0 fully saturated rings. The average Bonchev–Trinajstić information content (AvgIpc) is 2.04. The second kappa shape index (κ2) is 5.20. The third-order valence-corrected chi connectivity index (χ3v) is 2.03. The molecule has 1 aromatic rings. The highest BCUT2D eigenvalue weighted by molar-refractivity contribution is 6.20. The van der Waals surface area contributed by atoms with Gasteiger partial charge in [0.05, 0.1) is 12.0 Å². The maximum atomic E-state index is 6.00. The molecule has 1 unspecified atom stereocenters. The van der Waals surface area contributed by atoms with Crippen LogP contribution in [0.25, 0.3) is 0 Å². The molecule has 0 spiro atoms. The number of rotatable bonds is 4. The Morgan fingerprint density at radius 3 is 3.00 bits per heavy atom. The zero-order valence-electron chi connectivity index (χ0n) is 7.96. The Kier molecular flexibility index (Phi) is 4.19. The summed E-state index contributed by atoms with van der Waals surface area (Å²) in [5.74, 6) is 0. The van der Waals surface area contributed by atoms with Gasteiger partial charge in [0.15, 0.2) is 0 Å². The molecule has 3 heteroatoms. The first kappa shape index (κ1) is 10.5. The van der Waals surface area contributed by atoms with Crippen LogP contribution in [0.5, 0.6) is 0 Å². The number of nitrogens with zero attached hydrogens (tertiary/aromatic N) is 1. The number of halogens is 1. The first-order chi connectivity index (χ1) is 6.22. The normalized spacial score (nSPS) is 12.8. The fourth-order valence-electron chi connectivity index (χ4n) is 1.18. The van der Waals surface area contributed by atoms with E-state index >= 15 is 0 Å². The van der Waals surface area contributed by atoms with Crippen molar-refractivity contribution in [3.8, 4) is 0 Å². The molecule has 1 heterocycles. The molecule has 0 aromatic carbocycles. The van der Waals surface area contributed by atoms with Gasteiger partial charge in [-0.05, 0) is 24.6 Å². The molecule has 0 aliphatic heterocycles. The number of methoxy groups -OCH3 is 1. The van der Waals surface area contributed by atoms with Crippen molar-refractivity contribution >= 4 is 11.6 Å². The van der Waals surface area contributed by atoms with Gasteiger partial charge in [-0.25, -0.2) is 0 Å². The number of pyridine rings is 1. The Balaban J connectivity index is 2.53. The van der Waals surface area contributed by atoms with E-state index in [1.54, 1.807) is 13.3 Å². The minimum Gasteiger partial charge on any atom is -0.383 e. The molecule has 2 nitrogen and oxygen atoms in total. The number of aromatic nitrogens is 1. The van der Waals surface area contributed by atoms with E-state index in [1.165, 1.54) is 5.56 Å². The van der Waals surface area contributed by atoms with Crippen LogP contribution in [0.15, 0.2) is 18.3 Å². The van der Waals surface area contributed by atoms with Crippen LogP contribution in [0.1, 0.15) is 11.3 Å². The molecule has 1 rings (SSSR count). The third-order valence-electron chi connectivity index (χ3n) is 1.75. The number of alkyl halides is 1. The number of ether oxygens (including phenoxy) is 1. The van der Waals surface area contributed by atoms with Crippen LogP contribution in [-0.2, 0) is 11.2 Å². The zero-order valence-corrected chi connectivity index (χ0v) is 8.71. The van der Waals surface area contributed by atoms with Gasteiger partial charge < -0.3 is 4.74 Å². The van der Waals surface area contributed by atoms with Crippen LogP contribution < -0.4 is 0 Å². The van der Waals surface area contributed by atoms with E-state index in [1.807, 2.05) is 19.1 Å². The van der Waals surface area contributed by atoms with Gasteiger partial charge in [0.25, 0.3) is 0 Å². The second-order valence-corrected chi connectivity index (χ2v) is 3.70. The summed E-state index contributed by atoms with van der Waals surface area (Å²) in [6.07, 6.45) is 2.57. The van der Waals surface area contributed by atoms with Crippen molar-refractivity contribution in [1.29, 1.82) is 0 Å². The van der Waals surface area contributed by atoms with Gasteiger partial charge in [-0.3, -0.25) is 4.98 Å². The number of aryl methyl sites for hydroxylation is 1. The smallest absolute Gasteiger partial charge is 0.0630 e. The summed E-state index contributed by atoms with van der Waals surface area (Å²) in [6.45, 7) is 2.61. The van der Waals surface area contributed by atoms with Crippen LogP contribution in [0.4, 0.5) is 0 Å². The molecule has 0 bridgehead atoms. The lowest BCUT2D eigenvalue weighted by Crippen LogP contribution is -2.11. The minimum absolute atomic E-state index is 0.0132. The molecule has 1 aromatic heterocycles. The van der Waals surface area contributed by atoms with Gasteiger partial charge in [-0.1, -0.05) is 0 Å². The summed E-state index contributed by atoms with van der Waals surface area (Å²) in [5.41, 5.74) is 2.24. The van der Waals surface area contributed by atoms with Crippen LogP contribution >= 0.6 is 11.6 Å². The topological polar surface area (TPSA) is 22.1 Å². The largest absolute Gasteiger partial charge is 0.383 e. The molecule has 13 heavy (non-hydrogen) atoms. The standard InChI is InChI=1S/C10H14ClNO/c1-8-3-4-12-10(5-8)6-9(11)7-13-2/h3-5,9H,6-7H2,1-2H3. The first-order valence-corrected chi connectivity index (χ1v) is 4.70. The van der Waals surface area contributed by atoms with E-state index in [0.717, 1.165) is 12.1 Å². The van der Waals surface area contributed by atoms with Crippen molar-refractivity contribution in [2.45, 2.75) is 18.7 Å². The van der Waals surface area contributed by atoms with E-state index in [-0.39, 0.29) is 5.38 Å². The summed E-state index contributed by atoms with van der Waals surface area (Å²) in [6, 6.07) is 4.02. The van der Waals surface area contributed by atoms with E-state index in [9.17, 15) is 0 Å². The lowest BCUT2D eigenvalue weighted by atomic mass is 10.2. The maximum Gasteiger partial charge on any atom is 0.0630 e. The summed E-state index contributed by atoms with van der Waals surface area (Å²) >= 11 is 6.00. The fraction of sp³-hybridized carbons (Fsp3) is 0.500. The lowest BCUT2D eigenvalue weighted by Gasteiger charge is -2.07.